The summed E-state index contributed by atoms with van der Waals surface area (Å²) in [7, 11) is 0. The monoisotopic (exact) mass is 382 g/mol. The Hall–Kier alpha value is -2.62. The molecule has 0 atom stereocenters. The van der Waals surface area contributed by atoms with Gasteiger partial charge in [-0.05, 0) is 74.2 Å². The van der Waals surface area contributed by atoms with Crippen molar-refractivity contribution in [3.05, 3.63) is 59.7 Å². The lowest BCUT2D eigenvalue weighted by molar-refractivity contribution is 0.0980. The third-order valence-electron chi connectivity index (χ3n) is 4.57. The molecule has 2 aromatic carbocycles. The summed E-state index contributed by atoms with van der Waals surface area (Å²) >= 11 is 0. The first kappa shape index (κ1) is 21.7. The fourth-order valence-corrected chi connectivity index (χ4v) is 2.82. The number of rotatable bonds is 13. The molecular formula is C24H30O4. The Bertz CT molecular complexity index is 667. The van der Waals surface area contributed by atoms with E-state index < -0.39 is 0 Å². The van der Waals surface area contributed by atoms with E-state index in [0.29, 0.717) is 26.1 Å². The predicted molar refractivity (Wildman–Crippen MR) is 112 cm³/mol. The summed E-state index contributed by atoms with van der Waals surface area (Å²) in [6, 6.07) is 14.7. The third-order valence-corrected chi connectivity index (χ3v) is 4.57. The standard InChI is InChI=1S/C24H30O4/c1-3-23(25)19-9-13-21(14-10-19)27-17-7-5-6-8-18-28-22-15-11-20(12-16-22)24(26)4-2/h9-16H,3-8,17-18H2,1-2H3. The number of hydrogen-bond donors (Lipinski definition) is 0. The van der Waals surface area contributed by atoms with Gasteiger partial charge in [-0.3, -0.25) is 9.59 Å². The molecule has 0 amide bonds. The molecule has 0 radical (unpaired) electrons. The van der Waals surface area contributed by atoms with E-state index in [0.717, 1.165) is 48.3 Å². The van der Waals surface area contributed by atoms with Crippen molar-refractivity contribution in [2.75, 3.05) is 13.2 Å². The van der Waals surface area contributed by atoms with Crippen molar-refractivity contribution in [3.8, 4) is 11.5 Å². The van der Waals surface area contributed by atoms with E-state index in [1.165, 1.54) is 0 Å². The van der Waals surface area contributed by atoms with E-state index in [-0.39, 0.29) is 11.6 Å². The van der Waals surface area contributed by atoms with Crippen molar-refractivity contribution in [2.24, 2.45) is 0 Å². The van der Waals surface area contributed by atoms with Gasteiger partial charge >= 0.3 is 0 Å². The van der Waals surface area contributed by atoms with Crippen molar-refractivity contribution >= 4 is 11.6 Å². The second-order valence-electron chi connectivity index (χ2n) is 6.71. The maximum absolute atomic E-state index is 11.6. The van der Waals surface area contributed by atoms with E-state index in [1.807, 2.05) is 62.4 Å². The van der Waals surface area contributed by atoms with Crippen LogP contribution in [-0.2, 0) is 0 Å². The molecule has 0 fully saturated rings. The highest BCUT2D eigenvalue weighted by molar-refractivity contribution is 5.96. The van der Waals surface area contributed by atoms with Gasteiger partial charge in [0.25, 0.3) is 0 Å². The molecule has 2 aromatic rings. The Balaban J connectivity index is 1.54. The zero-order valence-electron chi connectivity index (χ0n) is 16.9. The molecule has 0 saturated carbocycles. The van der Waals surface area contributed by atoms with Crippen molar-refractivity contribution in [2.45, 2.75) is 52.4 Å². The Morgan fingerprint density at radius 2 is 0.964 bits per heavy atom. The minimum Gasteiger partial charge on any atom is -0.494 e. The van der Waals surface area contributed by atoms with Crippen molar-refractivity contribution in [1.82, 2.24) is 0 Å². The van der Waals surface area contributed by atoms with Crippen molar-refractivity contribution < 1.29 is 19.1 Å². The Morgan fingerprint density at radius 1 is 0.607 bits per heavy atom. The first-order valence-corrected chi connectivity index (χ1v) is 10.2. The highest BCUT2D eigenvalue weighted by atomic mass is 16.5. The molecular weight excluding hydrogens is 352 g/mol. The van der Waals surface area contributed by atoms with Crippen LogP contribution in [0.25, 0.3) is 0 Å². The number of hydrogen-bond acceptors (Lipinski definition) is 4. The first-order valence-electron chi connectivity index (χ1n) is 10.2. The third kappa shape index (κ3) is 7.18. The number of ketones is 2. The fraction of sp³-hybridized carbons (Fsp3) is 0.417. The Morgan fingerprint density at radius 3 is 1.29 bits per heavy atom. The van der Waals surface area contributed by atoms with Gasteiger partial charge in [0.15, 0.2) is 11.6 Å². The summed E-state index contributed by atoms with van der Waals surface area (Å²) in [5.41, 5.74) is 1.47. The van der Waals surface area contributed by atoms with Gasteiger partial charge in [0.2, 0.25) is 0 Å². The van der Waals surface area contributed by atoms with E-state index in [1.54, 1.807) is 0 Å². The molecule has 0 unspecified atom stereocenters. The number of unbranched alkanes of at least 4 members (excludes halogenated alkanes) is 3. The van der Waals surface area contributed by atoms with Gasteiger partial charge in [-0.1, -0.05) is 13.8 Å². The largest absolute Gasteiger partial charge is 0.494 e. The van der Waals surface area contributed by atoms with Gasteiger partial charge < -0.3 is 9.47 Å². The zero-order chi connectivity index (χ0) is 20.2. The van der Waals surface area contributed by atoms with Gasteiger partial charge in [0, 0.05) is 24.0 Å². The SMILES string of the molecule is CCC(=O)c1ccc(OCCCCCCOc2ccc(C(=O)CC)cc2)cc1. The van der Waals surface area contributed by atoms with Crippen molar-refractivity contribution in [3.63, 3.8) is 0 Å². The molecule has 0 aliphatic rings. The van der Waals surface area contributed by atoms with Gasteiger partial charge in [-0.2, -0.15) is 0 Å². The topological polar surface area (TPSA) is 52.6 Å². The number of carbonyl (C=O) groups excluding carboxylic acids is 2. The second kappa shape index (κ2) is 12.0. The molecule has 4 heteroatoms. The summed E-state index contributed by atoms with van der Waals surface area (Å²) in [4.78, 5) is 23.2. The van der Waals surface area contributed by atoms with Crippen LogP contribution in [0.1, 0.15) is 73.1 Å². The van der Waals surface area contributed by atoms with Crippen LogP contribution < -0.4 is 9.47 Å². The molecule has 0 heterocycles. The lowest BCUT2D eigenvalue weighted by Gasteiger charge is -2.08. The maximum atomic E-state index is 11.6. The van der Waals surface area contributed by atoms with Crippen LogP contribution in [-0.4, -0.2) is 24.8 Å². The number of Topliss-reactive ketones (excluding diaryl/α,β-unsaturated/α-hetero) is 2. The molecule has 0 spiro atoms. The van der Waals surface area contributed by atoms with Crippen LogP contribution in [0.4, 0.5) is 0 Å². The van der Waals surface area contributed by atoms with Crippen LogP contribution in [0.3, 0.4) is 0 Å². The van der Waals surface area contributed by atoms with E-state index >= 15 is 0 Å². The van der Waals surface area contributed by atoms with E-state index in [9.17, 15) is 9.59 Å². The Labute approximate surface area is 167 Å². The molecule has 150 valence electrons. The van der Waals surface area contributed by atoms with E-state index in [4.69, 9.17) is 9.47 Å². The van der Waals surface area contributed by atoms with Crippen LogP contribution in [0, 0.1) is 0 Å². The minimum atomic E-state index is 0.152. The molecule has 0 aliphatic heterocycles. The Kier molecular flexibility index (Phi) is 9.26. The molecule has 0 bridgehead atoms. The quantitative estimate of drug-likeness (QED) is 0.320. The summed E-state index contributed by atoms with van der Waals surface area (Å²) in [6.07, 6.45) is 5.19. The van der Waals surface area contributed by atoms with Crippen molar-refractivity contribution in [1.29, 1.82) is 0 Å². The molecule has 4 nitrogen and oxygen atoms in total. The van der Waals surface area contributed by atoms with Gasteiger partial charge in [0.1, 0.15) is 11.5 Å². The average Bonchev–Trinajstić information content (AvgIpc) is 2.75. The summed E-state index contributed by atoms with van der Waals surface area (Å²) in [5.74, 6) is 1.92. The zero-order valence-corrected chi connectivity index (χ0v) is 16.9. The molecule has 0 N–H and O–H groups in total. The van der Waals surface area contributed by atoms with E-state index in [2.05, 4.69) is 0 Å². The molecule has 0 aliphatic carbocycles. The van der Waals surface area contributed by atoms with Gasteiger partial charge in [0.05, 0.1) is 13.2 Å². The van der Waals surface area contributed by atoms with Crippen LogP contribution in [0.15, 0.2) is 48.5 Å². The molecule has 28 heavy (non-hydrogen) atoms. The highest BCUT2D eigenvalue weighted by Crippen LogP contribution is 2.15. The first-order chi connectivity index (χ1) is 13.6. The number of ether oxygens (including phenoxy) is 2. The van der Waals surface area contributed by atoms with Crippen LogP contribution >= 0.6 is 0 Å². The van der Waals surface area contributed by atoms with Crippen LogP contribution in [0.5, 0.6) is 11.5 Å². The molecule has 0 saturated heterocycles. The van der Waals surface area contributed by atoms with Crippen LogP contribution in [0.2, 0.25) is 0 Å². The summed E-state index contributed by atoms with van der Waals surface area (Å²) < 4.78 is 11.4. The van der Waals surface area contributed by atoms with Gasteiger partial charge in [-0.15, -0.1) is 0 Å². The second-order valence-corrected chi connectivity index (χ2v) is 6.71. The maximum Gasteiger partial charge on any atom is 0.162 e. The number of carbonyl (C=O) groups is 2. The fourth-order valence-electron chi connectivity index (χ4n) is 2.82. The molecule has 2 rings (SSSR count). The van der Waals surface area contributed by atoms with Gasteiger partial charge in [-0.25, -0.2) is 0 Å². The smallest absolute Gasteiger partial charge is 0.162 e. The summed E-state index contributed by atoms with van der Waals surface area (Å²) in [5, 5.41) is 0. The highest BCUT2D eigenvalue weighted by Gasteiger charge is 2.04. The normalized spacial score (nSPS) is 10.5. The lowest BCUT2D eigenvalue weighted by atomic mass is 10.1. The lowest BCUT2D eigenvalue weighted by Crippen LogP contribution is -2.01. The molecule has 0 aromatic heterocycles. The predicted octanol–water partition coefficient (Wildman–Crippen LogP) is 5.89. The summed E-state index contributed by atoms with van der Waals surface area (Å²) in [6.45, 7) is 5.08. The number of benzene rings is 2. The minimum absolute atomic E-state index is 0.152. The average molecular weight is 383 g/mol.